The van der Waals surface area contributed by atoms with Gasteiger partial charge in [0.2, 0.25) is 0 Å². The van der Waals surface area contributed by atoms with E-state index in [4.69, 9.17) is 10.5 Å². The second-order valence-electron chi connectivity index (χ2n) is 5.83. The van der Waals surface area contributed by atoms with Gasteiger partial charge in [0.05, 0.1) is 7.11 Å². The number of nitrogens with one attached hydrogen (secondary N) is 1. The molecule has 1 aromatic carbocycles. The number of rotatable bonds is 3. The molecule has 0 radical (unpaired) electrons. The van der Waals surface area contributed by atoms with Crippen molar-refractivity contribution in [2.24, 2.45) is 5.92 Å². The Hall–Kier alpha value is -1.75. The van der Waals surface area contributed by atoms with E-state index in [2.05, 4.69) is 12.2 Å². The van der Waals surface area contributed by atoms with Gasteiger partial charge in [-0.15, -0.1) is 12.4 Å². The van der Waals surface area contributed by atoms with Crippen LogP contribution in [0.1, 0.15) is 43.0 Å². The number of anilines is 1. The molecule has 0 bridgehead atoms. The SMILES string of the molecule is COC(=O)C1(NC(=O)c2ccc(N)cc2)CCC(C)CC1.Cl. The minimum atomic E-state index is -0.903. The van der Waals surface area contributed by atoms with Crippen LogP contribution in [-0.2, 0) is 9.53 Å². The minimum Gasteiger partial charge on any atom is -0.467 e. The number of methoxy groups -OCH3 is 1. The normalized spacial score (nSPS) is 24.0. The first kappa shape index (κ1) is 18.3. The zero-order valence-corrected chi connectivity index (χ0v) is 13.7. The first-order valence-corrected chi connectivity index (χ1v) is 7.23. The number of benzene rings is 1. The van der Waals surface area contributed by atoms with Gasteiger partial charge in [-0.05, 0) is 55.9 Å². The Morgan fingerprint density at radius 1 is 1.23 bits per heavy atom. The largest absolute Gasteiger partial charge is 0.467 e. The molecule has 122 valence electrons. The van der Waals surface area contributed by atoms with Crippen LogP contribution in [0.25, 0.3) is 0 Å². The Morgan fingerprint density at radius 2 is 1.77 bits per heavy atom. The molecule has 1 aliphatic rings. The number of halogens is 1. The number of ether oxygens (including phenoxy) is 1. The fourth-order valence-electron chi connectivity index (χ4n) is 2.75. The van der Waals surface area contributed by atoms with Gasteiger partial charge in [0.1, 0.15) is 5.54 Å². The number of esters is 1. The Bertz CT molecular complexity index is 523. The van der Waals surface area contributed by atoms with E-state index in [1.54, 1.807) is 24.3 Å². The molecule has 22 heavy (non-hydrogen) atoms. The third kappa shape index (κ3) is 3.91. The summed E-state index contributed by atoms with van der Waals surface area (Å²) >= 11 is 0. The summed E-state index contributed by atoms with van der Waals surface area (Å²) in [6, 6.07) is 6.65. The quantitative estimate of drug-likeness (QED) is 0.660. The van der Waals surface area contributed by atoms with Crippen molar-refractivity contribution in [3.8, 4) is 0 Å². The van der Waals surface area contributed by atoms with Crippen LogP contribution in [-0.4, -0.2) is 24.5 Å². The molecule has 5 nitrogen and oxygen atoms in total. The van der Waals surface area contributed by atoms with Gasteiger partial charge >= 0.3 is 5.97 Å². The van der Waals surface area contributed by atoms with Gasteiger partial charge in [0.15, 0.2) is 0 Å². The zero-order chi connectivity index (χ0) is 15.5. The zero-order valence-electron chi connectivity index (χ0n) is 12.9. The van der Waals surface area contributed by atoms with Crippen molar-refractivity contribution >= 4 is 30.0 Å². The fourth-order valence-corrected chi connectivity index (χ4v) is 2.75. The standard InChI is InChI=1S/C16H22N2O3.ClH/c1-11-7-9-16(10-8-11,15(20)21-2)18-14(19)12-3-5-13(17)6-4-12;/h3-6,11H,7-10,17H2,1-2H3,(H,18,19);1H. The topological polar surface area (TPSA) is 81.4 Å². The Morgan fingerprint density at radius 3 is 2.27 bits per heavy atom. The lowest BCUT2D eigenvalue weighted by Gasteiger charge is -2.37. The molecular weight excluding hydrogens is 304 g/mol. The van der Waals surface area contributed by atoms with E-state index in [0.717, 1.165) is 12.8 Å². The highest BCUT2D eigenvalue weighted by atomic mass is 35.5. The maximum absolute atomic E-state index is 12.4. The Balaban J connectivity index is 0.00000242. The van der Waals surface area contributed by atoms with E-state index in [0.29, 0.717) is 30.0 Å². The third-order valence-electron chi connectivity index (χ3n) is 4.23. The predicted octanol–water partition coefficient (Wildman–Crippen LogP) is 2.54. The number of hydrogen-bond acceptors (Lipinski definition) is 4. The predicted molar refractivity (Wildman–Crippen MR) is 87.9 cm³/mol. The summed E-state index contributed by atoms with van der Waals surface area (Å²) in [4.78, 5) is 24.5. The summed E-state index contributed by atoms with van der Waals surface area (Å²) in [5.74, 6) is -0.0654. The van der Waals surface area contributed by atoms with Gasteiger partial charge in [-0.25, -0.2) is 4.79 Å². The van der Waals surface area contributed by atoms with Crippen LogP contribution in [0.3, 0.4) is 0 Å². The maximum atomic E-state index is 12.4. The van der Waals surface area contributed by atoms with Crippen molar-refractivity contribution in [3.05, 3.63) is 29.8 Å². The van der Waals surface area contributed by atoms with E-state index in [1.807, 2.05) is 0 Å². The molecule has 1 amide bonds. The molecule has 0 spiro atoms. The molecule has 0 unspecified atom stereocenters. The van der Waals surface area contributed by atoms with Crippen LogP contribution in [0.4, 0.5) is 5.69 Å². The highest BCUT2D eigenvalue weighted by Crippen LogP contribution is 2.33. The average Bonchev–Trinajstić information content (AvgIpc) is 2.49. The van der Waals surface area contributed by atoms with E-state index in [9.17, 15) is 9.59 Å². The van der Waals surface area contributed by atoms with Crippen molar-refractivity contribution in [2.75, 3.05) is 12.8 Å². The van der Waals surface area contributed by atoms with Crippen LogP contribution >= 0.6 is 12.4 Å². The first-order valence-electron chi connectivity index (χ1n) is 7.23. The Kier molecular flexibility index (Phi) is 6.23. The van der Waals surface area contributed by atoms with Crippen LogP contribution in [0.5, 0.6) is 0 Å². The highest BCUT2D eigenvalue weighted by molar-refractivity contribution is 5.98. The minimum absolute atomic E-state index is 0. The summed E-state index contributed by atoms with van der Waals surface area (Å²) in [7, 11) is 1.36. The van der Waals surface area contributed by atoms with Crippen molar-refractivity contribution in [1.29, 1.82) is 0 Å². The number of amides is 1. The number of nitrogens with two attached hydrogens (primary N) is 1. The molecule has 0 heterocycles. The van der Waals surface area contributed by atoms with Crippen molar-refractivity contribution < 1.29 is 14.3 Å². The van der Waals surface area contributed by atoms with Gasteiger partial charge in [-0.1, -0.05) is 6.92 Å². The fraction of sp³-hybridized carbons (Fsp3) is 0.500. The van der Waals surface area contributed by atoms with Gasteiger partial charge in [0.25, 0.3) is 5.91 Å². The number of carbonyl (C=O) groups excluding carboxylic acids is 2. The molecule has 2 rings (SSSR count). The smallest absolute Gasteiger partial charge is 0.331 e. The van der Waals surface area contributed by atoms with Crippen LogP contribution in [0.2, 0.25) is 0 Å². The van der Waals surface area contributed by atoms with Gasteiger partial charge in [0, 0.05) is 11.3 Å². The van der Waals surface area contributed by atoms with E-state index < -0.39 is 5.54 Å². The number of carbonyl (C=O) groups is 2. The highest BCUT2D eigenvalue weighted by Gasteiger charge is 2.43. The lowest BCUT2D eigenvalue weighted by Crippen LogP contribution is -2.56. The van der Waals surface area contributed by atoms with Gasteiger partial charge in [-0.2, -0.15) is 0 Å². The molecule has 3 N–H and O–H groups in total. The molecular formula is C16H23ClN2O3. The third-order valence-corrected chi connectivity index (χ3v) is 4.23. The van der Waals surface area contributed by atoms with Crippen molar-refractivity contribution in [3.63, 3.8) is 0 Å². The van der Waals surface area contributed by atoms with Gasteiger partial charge < -0.3 is 15.8 Å². The average molecular weight is 327 g/mol. The van der Waals surface area contributed by atoms with E-state index >= 15 is 0 Å². The van der Waals surface area contributed by atoms with Crippen molar-refractivity contribution in [1.82, 2.24) is 5.32 Å². The lowest BCUT2D eigenvalue weighted by molar-refractivity contribution is -0.150. The summed E-state index contributed by atoms with van der Waals surface area (Å²) in [5, 5.41) is 2.89. The van der Waals surface area contributed by atoms with Crippen LogP contribution in [0, 0.1) is 5.92 Å². The molecule has 6 heteroatoms. The number of nitrogen functional groups attached to an aromatic ring is 1. The molecule has 1 aliphatic carbocycles. The summed E-state index contributed by atoms with van der Waals surface area (Å²) in [5.41, 5.74) is 5.80. The second kappa shape index (κ2) is 7.49. The molecule has 1 saturated carbocycles. The molecule has 1 fully saturated rings. The van der Waals surface area contributed by atoms with Crippen LogP contribution < -0.4 is 11.1 Å². The maximum Gasteiger partial charge on any atom is 0.331 e. The first-order chi connectivity index (χ1) is 9.97. The molecule has 0 atom stereocenters. The van der Waals surface area contributed by atoms with E-state index in [-0.39, 0.29) is 24.3 Å². The molecule has 0 saturated heterocycles. The van der Waals surface area contributed by atoms with E-state index in [1.165, 1.54) is 7.11 Å². The summed E-state index contributed by atoms with van der Waals surface area (Å²) < 4.78 is 4.91. The molecule has 1 aromatic rings. The lowest BCUT2D eigenvalue weighted by atomic mass is 9.77. The summed E-state index contributed by atoms with van der Waals surface area (Å²) in [6.45, 7) is 2.16. The number of hydrogen-bond donors (Lipinski definition) is 2. The van der Waals surface area contributed by atoms with Crippen molar-refractivity contribution in [2.45, 2.75) is 38.1 Å². The monoisotopic (exact) mass is 326 g/mol. The molecule has 0 aliphatic heterocycles. The second-order valence-corrected chi connectivity index (χ2v) is 5.83. The summed E-state index contributed by atoms with van der Waals surface area (Å²) in [6.07, 6.45) is 3.03. The Labute approximate surface area is 137 Å². The van der Waals surface area contributed by atoms with Crippen LogP contribution in [0.15, 0.2) is 24.3 Å². The van der Waals surface area contributed by atoms with Gasteiger partial charge in [-0.3, -0.25) is 4.79 Å². The molecule has 0 aromatic heterocycles.